The first-order chi connectivity index (χ1) is 25.8. The van der Waals surface area contributed by atoms with Crippen LogP contribution in [-0.4, -0.2) is 154 Å². The largest absolute Gasteiger partial charge is 0.394 e. The van der Waals surface area contributed by atoms with E-state index in [1.165, 1.54) is 19.3 Å². The minimum absolute atomic E-state index is 0.000656. The van der Waals surface area contributed by atoms with E-state index in [9.17, 15) is 40.9 Å². The summed E-state index contributed by atoms with van der Waals surface area (Å²) in [7, 11) is 0. The third kappa shape index (κ3) is 8.06. The average Bonchev–Trinajstić information content (AvgIpc) is 3.52. The van der Waals surface area contributed by atoms with Gasteiger partial charge >= 0.3 is 0 Å². The fraction of sp³-hybridized carbons (Fsp3) is 1.00. The zero-order chi connectivity index (χ0) is 38.9. The summed E-state index contributed by atoms with van der Waals surface area (Å²) in [6.45, 7) is 8.87. The Balaban J connectivity index is 1.18. The Morgan fingerprint density at radius 2 is 1.39 bits per heavy atom. The van der Waals surface area contributed by atoms with Gasteiger partial charge in [0.25, 0.3) is 0 Å². The molecule has 0 spiro atoms. The summed E-state index contributed by atoms with van der Waals surface area (Å²) in [5, 5.41) is 81.2. The molecule has 20 atom stereocenters. The van der Waals surface area contributed by atoms with Gasteiger partial charge in [0.15, 0.2) is 6.29 Å². The maximum atomic E-state index is 10.5. The molecule has 6 fully saturated rings. The molecule has 2 aliphatic heterocycles. The second kappa shape index (κ2) is 18.1. The highest BCUT2D eigenvalue weighted by molar-refractivity contribution is 5.14. The summed E-state index contributed by atoms with van der Waals surface area (Å²) in [5.41, 5.74) is 0.0123. The van der Waals surface area contributed by atoms with E-state index in [1.807, 2.05) is 0 Å². The highest BCUT2D eigenvalue weighted by Crippen LogP contribution is 2.69. The highest BCUT2D eigenvalue weighted by Gasteiger charge is 2.66. The number of hydrogen-bond donors (Lipinski definition) is 8. The van der Waals surface area contributed by atoms with Gasteiger partial charge in [-0.15, -0.1) is 0 Å². The molecule has 0 amide bonds. The van der Waals surface area contributed by atoms with Gasteiger partial charge in [0.2, 0.25) is 0 Å². The Labute approximate surface area is 320 Å². The van der Waals surface area contributed by atoms with Gasteiger partial charge in [-0.05, 0) is 79.4 Å². The lowest BCUT2D eigenvalue weighted by Crippen LogP contribution is -2.62. The van der Waals surface area contributed by atoms with Crippen molar-refractivity contribution in [3.63, 3.8) is 0 Å². The molecular formula is C40H70O14. The van der Waals surface area contributed by atoms with Crippen LogP contribution in [0.2, 0.25) is 0 Å². The van der Waals surface area contributed by atoms with Crippen LogP contribution in [0, 0.1) is 46.3 Å². The van der Waals surface area contributed by atoms with Crippen LogP contribution in [0.15, 0.2) is 0 Å². The number of ether oxygens (including phenoxy) is 6. The molecule has 4 aliphatic carbocycles. The van der Waals surface area contributed by atoms with Gasteiger partial charge in [0.05, 0.1) is 45.2 Å². The van der Waals surface area contributed by atoms with E-state index < -0.39 is 74.4 Å². The molecule has 4 unspecified atom stereocenters. The molecule has 14 nitrogen and oxygen atoms in total. The van der Waals surface area contributed by atoms with Gasteiger partial charge in [-0.3, -0.25) is 0 Å². The molecule has 4 saturated carbocycles. The van der Waals surface area contributed by atoms with E-state index in [1.54, 1.807) is 0 Å². The van der Waals surface area contributed by atoms with E-state index in [0.717, 1.165) is 44.9 Å². The van der Waals surface area contributed by atoms with Crippen molar-refractivity contribution in [1.82, 2.24) is 0 Å². The van der Waals surface area contributed by atoms with E-state index in [4.69, 9.17) is 28.4 Å². The summed E-state index contributed by atoms with van der Waals surface area (Å²) >= 11 is 0. The summed E-state index contributed by atoms with van der Waals surface area (Å²) in [6.07, 6.45) is -1.78. The quantitative estimate of drug-likeness (QED) is 0.0864. The molecule has 0 radical (unpaired) electrons. The van der Waals surface area contributed by atoms with Crippen LogP contribution in [-0.2, 0) is 28.4 Å². The summed E-state index contributed by atoms with van der Waals surface area (Å²) in [5.74, 6) is 2.49. The molecule has 8 N–H and O–H groups in total. The maximum absolute atomic E-state index is 10.5. The Hall–Kier alpha value is -0.560. The lowest BCUT2D eigenvalue weighted by Gasteiger charge is -2.64. The lowest BCUT2D eigenvalue weighted by atomic mass is 9.43. The fourth-order valence-corrected chi connectivity index (χ4v) is 12.4. The molecule has 2 saturated heterocycles. The Morgan fingerprint density at radius 3 is 2.09 bits per heavy atom. The first-order valence-corrected chi connectivity index (χ1v) is 20.8. The summed E-state index contributed by atoms with van der Waals surface area (Å²) in [4.78, 5) is 0. The molecule has 14 heteroatoms. The number of hydrogen-bond acceptors (Lipinski definition) is 14. The van der Waals surface area contributed by atoms with Crippen LogP contribution >= 0.6 is 0 Å². The van der Waals surface area contributed by atoms with Crippen molar-refractivity contribution < 1.29 is 69.3 Å². The van der Waals surface area contributed by atoms with Crippen molar-refractivity contribution in [2.45, 2.75) is 165 Å². The van der Waals surface area contributed by atoms with Gasteiger partial charge in [-0.25, -0.2) is 0 Å². The third-order valence-corrected chi connectivity index (χ3v) is 15.3. The van der Waals surface area contributed by atoms with Crippen LogP contribution in [0.1, 0.15) is 91.9 Å². The molecule has 0 aromatic rings. The molecular weight excluding hydrogens is 704 g/mol. The summed E-state index contributed by atoms with van der Waals surface area (Å²) < 4.78 is 36.7. The van der Waals surface area contributed by atoms with Gasteiger partial charge < -0.3 is 69.3 Å². The molecule has 54 heavy (non-hydrogen) atoms. The molecule has 6 aliphatic rings. The Morgan fingerprint density at radius 1 is 0.722 bits per heavy atom. The zero-order valence-corrected chi connectivity index (χ0v) is 32.7. The first kappa shape index (κ1) is 43.0. The number of fused-ring (bicyclic) bond motifs is 5. The van der Waals surface area contributed by atoms with Crippen molar-refractivity contribution in [2.75, 3.05) is 39.8 Å². The van der Waals surface area contributed by atoms with E-state index in [-0.39, 0.29) is 49.7 Å². The van der Waals surface area contributed by atoms with E-state index >= 15 is 0 Å². The van der Waals surface area contributed by atoms with Crippen molar-refractivity contribution in [1.29, 1.82) is 0 Å². The smallest absolute Gasteiger partial charge is 0.186 e. The summed E-state index contributed by atoms with van der Waals surface area (Å²) in [6, 6.07) is 0. The SMILES string of the molecule is CCC[C@@H](C)[C@H]1CC[C@H]2[C@@H]3[C@H](OCOC[C@@H]4OC(CO)[C@@H](O)C(O)[C@@H]4O)C[C@@H]4CCCC[C@]4(C)[C@H]3C[C@H](OCCO[C@@H]3OC(CO)[C@@H](O)C(O)[C@@H]3O)[C@]12C. The monoisotopic (exact) mass is 774 g/mol. The normalized spacial score (nSPS) is 49.9. The Bertz CT molecular complexity index is 1180. The fourth-order valence-electron chi connectivity index (χ4n) is 12.4. The third-order valence-electron chi connectivity index (χ3n) is 15.3. The minimum atomic E-state index is -1.50. The van der Waals surface area contributed by atoms with Crippen LogP contribution in [0.4, 0.5) is 0 Å². The zero-order valence-electron chi connectivity index (χ0n) is 32.7. The maximum Gasteiger partial charge on any atom is 0.186 e. The van der Waals surface area contributed by atoms with Crippen molar-refractivity contribution in [2.24, 2.45) is 46.3 Å². The second-order valence-electron chi connectivity index (χ2n) is 18.0. The standard InChI is InChI=1S/C40H70O14/c1-5-8-21(2)23-10-11-24-31-25(16-30(40(23,24)4)50-13-14-51-38-37(48)36(47)33(44)28(18-42)54-38)39(3)12-7-6-9-22(39)15-26(31)52-20-49-19-29-34(45)35(46)32(43)27(17-41)53-29/h21-38,41-48H,5-20H2,1-4H3/t21-,22+,23-,24+,25+,26-,27?,28?,29+,30+,31+,32-,33-,34-,35?,36?,37+,38-,39+,40-/m1/s1. The van der Waals surface area contributed by atoms with Crippen molar-refractivity contribution in [3.8, 4) is 0 Å². The average molecular weight is 775 g/mol. The van der Waals surface area contributed by atoms with Crippen molar-refractivity contribution >= 4 is 0 Å². The van der Waals surface area contributed by atoms with Gasteiger partial charge in [-0.2, -0.15) is 0 Å². The number of aliphatic hydroxyl groups excluding tert-OH is 8. The highest BCUT2D eigenvalue weighted by atomic mass is 16.7. The number of aliphatic hydroxyl groups is 8. The first-order valence-electron chi connectivity index (χ1n) is 20.8. The number of rotatable bonds is 15. The van der Waals surface area contributed by atoms with Crippen LogP contribution in [0.5, 0.6) is 0 Å². The molecule has 6 rings (SSSR count). The molecule has 2 heterocycles. The topological polar surface area (TPSA) is 217 Å². The van der Waals surface area contributed by atoms with E-state index in [2.05, 4.69) is 27.7 Å². The van der Waals surface area contributed by atoms with Gasteiger partial charge in [-0.1, -0.05) is 53.4 Å². The van der Waals surface area contributed by atoms with Crippen LogP contribution in [0.3, 0.4) is 0 Å². The Kier molecular flexibility index (Phi) is 14.5. The van der Waals surface area contributed by atoms with Crippen LogP contribution in [0.25, 0.3) is 0 Å². The molecule has 314 valence electrons. The second-order valence-corrected chi connectivity index (χ2v) is 18.0. The predicted molar refractivity (Wildman–Crippen MR) is 194 cm³/mol. The lowest BCUT2D eigenvalue weighted by molar-refractivity contribution is -0.304. The molecule has 0 bridgehead atoms. The van der Waals surface area contributed by atoms with Gasteiger partial charge in [0, 0.05) is 5.41 Å². The van der Waals surface area contributed by atoms with Gasteiger partial charge in [0.1, 0.15) is 61.7 Å². The van der Waals surface area contributed by atoms with Crippen molar-refractivity contribution in [3.05, 3.63) is 0 Å². The van der Waals surface area contributed by atoms with Crippen LogP contribution < -0.4 is 0 Å². The van der Waals surface area contributed by atoms with E-state index in [0.29, 0.717) is 35.5 Å². The molecule has 0 aromatic heterocycles. The predicted octanol–water partition coefficient (Wildman–Crippen LogP) is 1.09. The molecule has 0 aromatic carbocycles. The minimum Gasteiger partial charge on any atom is -0.394 e.